The van der Waals surface area contributed by atoms with Crippen LogP contribution < -0.4 is 10.1 Å². The first kappa shape index (κ1) is 15.1. The second-order valence-corrected chi connectivity index (χ2v) is 4.91. The smallest absolute Gasteiger partial charge is 0.220 e. The van der Waals surface area contributed by atoms with Crippen LogP contribution in [0.4, 0.5) is 0 Å². The second-order valence-electron chi connectivity index (χ2n) is 4.91. The largest absolute Gasteiger partial charge is 0.496 e. The highest BCUT2D eigenvalue weighted by atomic mass is 16.5. The zero-order valence-electron chi connectivity index (χ0n) is 12.5. The van der Waals surface area contributed by atoms with E-state index in [1.165, 1.54) is 0 Å². The molecule has 0 spiro atoms. The molecule has 0 saturated heterocycles. The zero-order valence-corrected chi connectivity index (χ0v) is 12.5. The molecule has 5 heteroatoms. The summed E-state index contributed by atoms with van der Waals surface area (Å²) in [5.41, 5.74) is 2.09. The number of benzene rings is 1. The number of rotatable bonds is 7. The number of carbonyl (C=O) groups excluding carboxylic acids is 1. The number of imidazole rings is 1. The Morgan fingerprint density at radius 3 is 2.86 bits per heavy atom. The average molecular weight is 287 g/mol. The first-order valence-corrected chi connectivity index (χ1v) is 7.08. The number of aromatic amines is 1. The van der Waals surface area contributed by atoms with Crippen LogP contribution in [0.3, 0.4) is 0 Å². The number of aromatic nitrogens is 2. The summed E-state index contributed by atoms with van der Waals surface area (Å²) in [7, 11) is 1.64. The molecule has 0 aliphatic heterocycles. The lowest BCUT2D eigenvalue weighted by atomic mass is 10.1. The van der Waals surface area contributed by atoms with E-state index >= 15 is 0 Å². The van der Waals surface area contributed by atoms with Crippen molar-refractivity contribution in [2.24, 2.45) is 0 Å². The summed E-state index contributed by atoms with van der Waals surface area (Å²) in [5, 5.41) is 2.92. The summed E-state index contributed by atoms with van der Waals surface area (Å²) in [6, 6.07) is 7.78. The lowest BCUT2D eigenvalue weighted by molar-refractivity contribution is -0.121. The molecule has 0 saturated carbocycles. The van der Waals surface area contributed by atoms with Gasteiger partial charge in [0.25, 0.3) is 0 Å². The highest BCUT2D eigenvalue weighted by Gasteiger charge is 2.06. The van der Waals surface area contributed by atoms with Gasteiger partial charge in [-0.15, -0.1) is 0 Å². The van der Waals surface area contributed by atoms with E-state index in [1.807, 2.05) is 31.2 Å². The van der Waals surface area contributed by atoms with Gasteiger partial charge < -0.3 is 15.0 Å². The van der Waals surface area contributed by atoms with Gasteiger partial charge in [0.2, 0.25) is 5.91 Å². The molecule has 1 aromatic heterocycles. The Morgan fingerprint density at radius 2 is 2.14 bits per heavy atom. The molecule has 1 aromatic carbocycles. The Kier molecular flexibility index (Phi) is 5.37. The van der Waals surface area contributed by atoms with Crippen LogP contribution in [-0.2, 0) is 17.6 Å². The zero-order chi connectivity index (χ0) is 15.1. The molecule has 2 aromatic rings. The highest BCUT2D eigenvalue weighted by molar-refractivity contribution is 5.76. The summed E-state index contributed by atoms with van der Waals surface area (Å²) < 4.78 is 5.28. The van der Waals surface area contributed by atoms with Crippen molar-refractivity contribution in [2.45, 2.75) is 26.2 Å². The normalized spacial score (nSPS) is 10.4. The lowest BCUT2D eigenvalue weighted by Gasteiger charge is -2.08. The fourth-order valence-corrected chi connectivity index (χ4v) is 2.18. The Morgan fingerprint density at radius 1 is 1.33 bits per heavy atom. The second kappa shape index (κ2) is 7.47. The fraction of sp³-hybridized carbons (Fsp3) is 0.375. The van der Waals surface area contributed by atoms with Gasteiger partial charge in [-0.2, -0.15) is 0 Å². The standard InChI is InChI=1S/C16H21N3O2/c1-12-18-11-14(19-12)9-10-17-16(20)8-7-13-5-3-4-6-15(13)21-2/h3-6,11H,7-10H2,1-2H3,(H,17,20)(H,18,19). The van der Waals surface area contributed by atoms with E-state index < -0.39 is 0 Å². The average Bonchev–Trinajstić information content (AvgIpc) is 2.91. The highest BCUT2D eigenvalue weighted by Crippen LogP contribution is 2.18. The molecule has 0 fully saturated rings. The molecule has 21 heavy (non-hydrogen) atoms. The van der Waals surface area contributed by atoms with Crippen molar-refractivity contribution in [3.05, 3.63) is 47.5 Å². The van der Waals surface area contributed by atoms with Crippen molar-refractivity contribution >= 4 is 5.91 Å². The number of ether oxygens (including phenoxy) is 1. The molecule has 0 bridgehead atoms. The molecule has 5 nitrogen and oxygen atoms in total. The number of para-hydroxylation sites is 1. The van der Waals surface area contributed by atoms with Crippen LogP contribution in [0.1, 0.15) is 23.5 Å². The number of amides is 1. The van der Waals surface area contributed by atoms with Crippen molar-refractivity contribution in [1.29, 1.82) is 0 Å². The SMILES string of the molecule is COc1ccccc1CCC(=O)NCCc1cnc(C)[nH]1. The van der Waals surface area contributed by atoms with Gasteiger partial charge in [-0.1, -0.05) is 18.2 Å². The van der Waals surface area contributed by atoms with Crippen molar-refractivity contribution in [3.63, 3.8) is 0 Å². The van der Waals surface area contributed by atoms with Gasteiger partial charge in [0.15, 0.2) is 0 Å². The number of hydrogen-bond acceptors (Lipinski definition) is 3. The molecular weight excluding hydrogens is 266 g/mol. The van der Waals surface area contributed by atoms with Gasteiger partial charge in [0.1, 0.15) is 11.6 Å². The number of carbonyl (C=O) groups is 1. The molecule has 0 atom stereocenters. The summed E-state index contributed by atoms with van der Waals surface area (Å²) >= 11 is 0. The summed E-state index contributed by atoms with van der Waals surface area (Å²) in [4.78, 5) is 19.1. The van der Waals surface area contributed by atoms with E-state index in [4.69, 9.17) is 4.74 Å². The van der Waals surface area contributed by atoms with Crippen LogP contribution in [-0.4, -0.2) is 29.5 Å². The predicted molar refractivity (Wildman–Crippen MR) is 81.4 cm³/mol. The molecule has 2 N–H and O–H groups in total. The summed E-state index contributed by atoms with van der Waals surface area (Å²) in [5.74, 6) is 1.78. The molecule has 1 amide bonds. The van der Waals surface area contributed by atoms with Gasteiger partial charge in [-0.25, -0.2) is 4.98 Å². The van der Waals surface area contributed by atoms with Crippen LogP contribution in [0, 0.1) is 6.92 Å². The van der Waals surface area contributed by atoms with Crippen molar-refractivity contribution in [2.75, 3.05) is 13.7 Å². The molecule has 112 valence electrons. The molecular formula is C16H21N3O2. The molecule has 0 unspecified atom stereocenters. The Bertz CT molecular complexity index is 593. The third-order valence-corrected chi connectivity index (χ3v) is 3.29. The minimum atomic E-state index is 0.0529. The van der Waals surface area contributed by atoms with E-state index in [2.05, 4.69) is 15.3 Å². The number of nitrogens with zero attached hydrogens (tertiary/aromatic N) is 1. The quantitative estimate of drug-likeness (QED) is 0.818. The number of H-pyrrole nitrogens is 1. The monoisotopic (exact) mass is 287 g/mol. The third-order valence-electron chi connectivity index (χ3n) is 3.29. The summed E-state index contributed by atoms with van der Waals surface area (Å²) in [6.07, 6.45) is 3.71. The molecule has 0 radical (unpaired) electrons. The fourth-order valence-electron chi connectivity index (χ4n) is 2.18. The van der Waals surface area contributed by atoms with Crippen LogP contribution in [0.5, 0.6) is 5.75 Å². The van der Waals surface area contributed by atoms with E-state index in [-0.39, 0.29) is 5.91 Å². The van der Waals surface area contributed by atoms with Crippen LogP contribution in [0.2, 0.25) is 0 Å². The van der Waals surface area contributed by atoms with Gasteiger partial charge in [0.05, 0.1) is 7.11 Å². The molecule has 0 aliphatic carbocycles. The first-order valence-electron chi connectivity index (χ1n) is 7.08. The molecule has 2 rings (SSSR count). The van der Waals surface area contributed by atoms with Crippen molar-refractivity contribution in [3.8, 4) is 5.75 Å². The van der Waals surface area contributed by atoms with Crippen LogP contribution in [0.25, 0.3) is 0 Å². The number of methoxy groups -OCH3 is 1. The maximum Gasteiger partial charge on any atom is 0.220 e. The Labute approximate surface area is 124 Å². The van der Waals surface area contributed by atoms with Gasteiger partial charge >= 0.3 is 0 Å². The topological polar surface area (TPSA) is 67.0 Å². The Balaban J connectivity index is 1.72. The maximum atomic E-state index is 11.8. The van der Waals surface area contributed by atoms with Gasteiger partial charge in [-0.3, -0.25) is 4.79 Å². The molecule has 1 heterocycles. The van der Waals surface area contributed by atoms with E-state index in [1.54, 1.807) is 13.3 Å². The van der Waals surface area contributed by atoms with Gasteiger partial charge in [0, 0.05) is 31.3 Å². The summed E-state index contributed by atoms with van der Waals surface area (Å²) in [6.45, 7) is 2.53. The minimum Gasteiger partial charge on any atom is -0.496 e. The van der Waals surface area contributed by atoms with Crippen LogP contribution >= 0.6 is 0 Å². The van der Waals surface area contributed by atoms with Crippen molar-refractivity contribution in [1.82, 2.24) is 15.3 Å². The van der Waals surface area contributed by atoms with E-state index in [9.17, 15) is 4.79 Å². The number of nitrogens with one attached hydrogen (secondary N) is 2. The van der Waals surface area contributed by atoms with E-state index in [0.29, 0.717) is 19.4 Å². The van der Waals surface area contributed by atoms with Gasteiger partial charge in [-0.05, 0) is 25.0 Å². The maximum absolute atomic E-state index is 11.8. The Hall–Kier alpha value is -2.30. The van der Waals surface area contributed by atoms with E-state index in [0.717, 1.165) is 29.3 Å². The lowest BCUT2D eigenvalue weighted by Crippen LogP contribution is -2.26. The number of aryl methyl sites for hydroxylation is 2. The minimum absolute atomic E-state index is 0.0529. The van der Waals surface area contributed by atoms with Crippen molar-refractivity contribution < 1.29 is 9.53 Å². The number of hydrogen-bond donors (Lipinski definition) is 2. The predicted octanol–water partition coefficient (Wildman–Crippen LogP) is 2.02. The van der Waals surface area contributed by atoms with Crippen LogP contribution in [0.15, 0.2) is 30.5 Å². The molecule has 0 aliphatic rings. The third kappa shape index (κ3) is 4.63. The first-order chi connectivity index (χ1) is 10.2.